The minimum Gasteiger partial charge on any atom is -0.356 e. The maximum Gasteiger partial charge on any atom is 0.132 e. The third kappa shape index (κ3) is 2.14. The van der Waals surface area contributed by atoms with E-state index in [2.05, 4.69) is 37.8 Å². The van der Waals surface area contributed by atoms with Gasteiger partial charge in [-0.1, -0.05) is 19.9 Å². The van der Waals surface area contributed by atoms with E-state index in [1.54, 1.807) is 0 Å². The Balaban J connectivity index is 2.37. The van der Waals surface area contributed by atoms with Gasteiger partial charge >= 0.3 is 0 Å². The van der Waals surface area contributed by atoms with Gasteiger partial charge in [0.15, 0.2) is 0 Å². The van der Waals surface area contributed by atoms with E-state index in [1.807, 2.05) is 0 Å². The Labute approximate surface area is 92.3 Å². The van der Waals surface area contributed by atoms with Crippen molar-refractivity contribution in [3.63, 3.8) is 0 Å². The molecule has 1 saturated heterocycles. The Kier molecular flexibility index (Phi) is 2.94. The van der Waals surface area contributed by atoms with E-state index in [9.17, 15) is 0 Å². The summed E-state index contributed by atoms with van der Waals surface area (Å²) in [5.74, 6) is 1.79. The molecule has 1 aromatic rings. The van der Waals surface area contributed by atoms with E-state index in [4.69, 9.17) is 4.98 Å². The number of hydrogen-bond donors (Lipinski definition) is 0. The Morgan fingerprint density at radius 1 is 1.20 bits per heavy atom. The molecule has 0 bridgehead atoms. The summed E-state index contributed by atoms with van der Waals surface area (Å²) in [7, 11) is 0. The van der Waals surface area contributed by atoms with E-state index in [0.717, 1.165) is 5.69 Å². The van der Waals surface area contributed by atoms with Crippen LogP contribution in [0.4, 0.5) is 5.82 Å². The van der Waals surface area contributed by atoms with Crippen molar-refractivity contribution in [1.82, 2.24) is 4.98 Å². The van der Waals surface area contributed by atoms with Crippen LogP contribution in [0.1, 0.15) is 43.9 Å². The summed E-state index contributed by atoms with van der Waals surface area (Å²) in [6.07, 6.45) is 2.63. The summed E-state index contributed by atoms with van der Waals surface area (Å²) in [6, 6.07) is 4.36. The summed E-state index contributed by atoms with van der Waals surface area (Å²) in [4.78, 5) is 7.14. The van der Waals surface area contributed by atoms with Gasteiger partial charge in [0.25, 0.3) is 0 Å². The van der Waals surface area contributed by atoms with Gasteiger partial charge in [0.05, 0.1) is 0 Å². The molecule has 2 nitrogen and oxygen atoms in total. The van der Waals surface area contributed by atoms with Crippen LogP contribution in [-0.2, 0) is 0 Å². The Morgan fingerprint density at radius 3 is 2.47 bits per heavy atom. The lowest BCUT2D eigenvalue weighted by Gasteiger charge is -2.22. The third-order valence-electron chi connectivity index (χ3n) is 3.07. The minimum atomic E-state index is 0.564. The third-order valence-corrected chi connectivity index (χ3v) is 3.07. The quantitative estimate of drug-likeness (QED) is 0.736. The number of nitrogens with zero attached hydrogens (tertiary/aromatic N) is 2. The van der Waals surface area contributed by atoms with Gasteiger partial charge in [-0.15, -0.1) is 0 Å². The number of rotatable bonds is 2. The first-order chi connectivity index (χ1) is 7.18. The second-order valence-corrected chi connectivity index (χ2v) is 4.71. The molecule has 82 valence electrons. The molecule has 0 saturated carbocycles. The first-order valence-electron chi connectivity index (χ1n) is 5.91. The molecule has 1 aliphatic heterocycles. The molecular formula is C13H20N2. The van der Waals surface area contributed by atoms with E-state index >= 15 is 0 Å². The number of hydrogen-bond acceptors (Lipinski definition) is 2. The highest BCUT2D eigenvalue weighted by molar-refractivity contribution is 5.50. The van der Waals surface area contributed by atoms with Crippen molar-refractivity contribution in [3.05, 3.63) is 23.4 Å². The highest BCUT2D eigenvalue weighted by Gasteiger charge is 2.18. The number of aryl methyl sites for hydroxylation is 1. The van der Waals surface area contributed by atoms with Crippen LogP contribution in [-0.4, -0.2) is 18.1 Å². The van der Waals surface area contributed by atoms with Crippen molar-refractivity contribution in [1.29, 1.82) is 0 Å². The maximum atomic E-state index is 4.70. The highest BCUT2D eigenvalue weighted by Crippen LogP contribution is 2.28. The number of pyridine rings is 1. The summed E-state index contributed by atoms with van der Waals surface area (Å²) in [5, 5.41) is 0. The average molecular weight is 204 g/mol. The largest absolute Gasteiger partial charge is 0.356 e. The number of anilines is 1. The molecule has 15 heavy (non-hydrogen) atoms. The zero-order valence-corrected chi connectivity index (χ0v) is 9.95. The molecule has 0 spiro atoms. The molecule has 1 aliphatic rings. The van der Waals surface area contributed by atoms with Crippen LogP contribution in [0, 0.1) is 6.92 Å². The van der Waals surface area contributed by atoms with Crippen molar-refractivity contribution in [2.75, 3.05) is 18.0 Å². The van der Waals surface area contributed by atoms with Crippen molar-refractivity contribution >= 4 is 5.82 Å². The predicted octanol–water partition coefficient (Wildman–Crippen LogP) is 3.11. The lowest BCUT2D eigenvalue weighted by molar-refractivity contribution is 0.825. The molecule has 0 N–H and O–H groups in total. The number of aromatic nitrogens is 1. The minimum absolute atomic E-state index is 0.564. The molecule has 0 amide bonds. The molecule has 0 atom stereocenters. The van der Waals surface area contributed by atoms with Crippen LogP contribution in [0.3, 0.4) is 0 Å². The van der Waals surface area contributed by atoms with Crippen molar-refractivity contribution in [2.24, 2.45) is 0 Å². The summed E-state index contributed by atoms with van der Waals surface area (Å²) >= 11 is 0. The molecule has 0 radical (unpaired) electrons. The monoisotopic (exact) mass is 204 g/mol. The Morgan fingerprint density at radius 2 is 1.87 bits per heavy atom. The van der Waals surface area contributed by atoms with Gasteiger partial charge in [0, 0.05) is 18.8 Å². The van der Waals surface area contributed by atoms with Gasteiger partial charge in [0.1, 0.15) is 5.82 Å². The average Bonchev–Trinajstić information content (AvgIpc) is 2.69. The normalized spacial score (nSPS) is 16.4. The van der Waals surface area contributed by atoms with Gasteiger partial charge in [-0.2, -0.15) is 0 Å². The van der Waals surface area contributed by atoms with E-state index in [0.29, 0.717) is 5.92 Å². The van der Waals surface area contributed by atoms with Gasteiger partial charge in [-0.05, 0) is 37.3 Å². The standard InChI is InChI=1S/C13H20N2/c1-10(2)12-7-6-11(3)14-13(12)15-8-4-5-9-15/h6-7,10H,4-5,8-9H2,1-3H3. The molecule has 1 fully saturated rings. The van der Waals surface area contributed by atoms with Crippen LogP contribution in [0.25, 0.3) is 0 Å². The van der Waals surface area contributed by atoms with Gasteiger partial charge in [-0.3, -0.25) is 0 Å². The fourth-order valence-corrected chi connectivity index (χ4v) is 2.19. The zero-order valence-electron chi connectivity index (χ0n) is 9.95. The van der Waals surface area contributed by atoms with Crippen LogP contribution >= 0.6 is 0 Å². The second-order valence-electron chi connectivity index (χ2n) is 4.71. The van der Waals surface area contributed by atoms with Crippen molar-refractivity contribution < 1.29 is 0 Å². The molecule has 2 rings (SSSR count). The van der Waals surface area contributed by atoms with Crippen molar-refractivity contribution in [3.8, 4) is 0 Å². The van der Waals surface area contributed by atoms with Crippen LogP contribution in [0.2, 0.25) is 0 Å². The Hall–Kier alpha value is -1.05. The fourth-order valence-electron chi connectivity index (χ4n) is 2.19. The second kappa shape index (κ2) is 4.21. The first kappa shape index (κ1) is 10.5. The molecule has 0 unspecified atom stereocenters. The van der Waals surface area contributed by atoms with Gasteiger partial charge < -0.3 is 4.90 Å². The van der Waals surface area contributed by atoms with Gasteiger partial charge in [-0.25, -0.2) is 4.98 Å². The lowest BCUT2D eigenvalue weighted by Crippen LogP contribution is -2.21. The van der Waals surface area contributed by atoms with Crippen molar-refractivity contribution in [2.45, 2.75) is 39.5 Å². The SMILES string of the molecule is Cc1ccc(C(C)C)c(N2CCCC2)n1. The lowest BCUT2D eigenvalue weighted by atomic mass is 10.0. The maximum absolute atomic E-state index is 4.70. The van der Waals surface area contributed by atoms with E-state index in [-0.39, 0.29) is 0 Å². The molecular weight excluding hydrogens is 184 g/mol. The van der Waals surface area contributed by atoms with Gasteiger partial charge in [0.2, 0.25) is 0 Å². The molecule has 1 aromatic heterocycles. The highest BCUT2D eigenvalue weighted by atomic mass is 15.2. The fraction of sp³-hybridized carbons (Fsp3) is 0.615. The van der Waals surface area contributed by atoms with E-state index in [1.165, 1.54) is 37.3 Å². The molecule has 0 aliphatic carbocycles. The Bertz CT molecular complexity index is 338. The van der Waals surface area contributed by atoms with Crippen LogP contribution in [0.5, 0.6) is 0 Å². The summed E-state index contributed by atoms with van der Waals surface area (Å²) in [6.45, 7) is 8.91. The van der Waals surface area contributed by atoms with E-state index < -0.39 is 0 Å². The zero-order chi connectivity index (χ0) is 10.8. The van der Waals surface area contributed by atoms with Crippen LogP contribution in [0.15, 0.2) is 12.1 Å². The van der Waals surface area contributed by atoms with Crippen LogP contribution < -0.4 is 4.90 Å². The predicted molar refractivity (Wildman–Crippen MR) is 64.5 cm³/mol. The molecule has 0 aromatic carbocycles. The summed E-state index contributed by atoms with van der Waals surface area (Å²) < 4.78 is 0. The topological polar surface area (TPSA) is 16.1 Å². The molecule has 2 heterocycles. The first-order valence-corrected chi connectivity index (χ1v) is 5.91. The summed E-state index contributed by atoms with van der Waals surface area (Å²) in [5.41, 5.74) is 2.52. The smallest absolute Gasteiger partial charge is 0.132 e. The molecule has 2 heteroatoms.